The molecule has 10 heteroatoms. The number of hydrogen-bond donors (Lipinski definition) is 3. The van der Waals surface area contributed by atoms with Gasteiger partial charge >= 0.3 is 19.8 Å². The van der Waals surface area contributed by atoms with Crippen molar-refractivity contribution in [1.82, 2.24) is 0 Å². The van der Waals surface area contributed by atoms with Crippen LogP contribution >= 0.6 is 7.82 Å². The molecule has 0 fully saturated rings. The van der Waals surface area contributed by atoms with E-state index in [0.29, 0.717) is 19.3 Å². The number of unbranched alkanes of at least 4 members (excludes halogenated alkanes) is 13. The summed E-state index contributed by atoms with van der Waals surface area (Å²) < 4.78 is 26.3. The number of ether oxygens (including phenoxy) is 2. The van der Waals surface area contributed by atoms with Crippen molar-refractivity contribution in [3.63, 3.8) is 0 Å². The van der Waals surface area contributed by atoms with Gasteiger partial charge in [-0.15, -0.1) is 0 Å². The van der Waals surface area contributed by atoms with Crippen LogP contribution in [0.4, 0.5) is 0 Å². The van der Waals surface area contributed by atoms with Gasteiger partial charge in [0.15, 0.2) is 6.10 Å². The molecule has 0 aromatic rings. The van der Waals surface area contributed by atoms with Crippen LogP contribution in [0.25, 0.3) is 0 Å². The summed E-state index contributed by atoms with van der Waals surface area (Å²) in [5.74, 6) is -0.125. The first kappa shape index (κ1) is 48.0. The topological polar surface area (TPSA) is 140 Å². The molecule has 290 valence electrons. The molecule has 0 aromatic heterocycles. The first-order chi connectivity index (χ1) is 24.2. The summed E-state index contributed by atoms with van der Waals surface area (Å²) in [6.07, 6.45) is 38.5. The maximum Gasteiger partial charge on any atom is 0.469 e. The van der Waals surface area contributed by atoms with Crippen molar-refractivity contribution in [1.29, 1.82) is 0 Å². The van der Waals surface area contributed by atoms with Crippen LogP contribution in [0, 0.1) is 5.92 Å². The lowest BCUT2D eigenvalue weighted by atomic mass is 9.99. The Morgan fingerprint density at radius 2 is 1.10 bits per heavy atom. The van der Waals surface area contributed by atoms with Gasteiger partial charge in [-0.2, -0.15) is 0 Å². The zero-order valence-electron chi connectivity index (χ0n) is 31.4. The lowest BCUT2D eigenvalue weighted by Gasteiger charge is -2.18. The van der Waals surface area contributed by atoms with E-state index in [0.717, 1.165) is 70.1 Å². The van der Waals surface area contributed by atoms with E-state index in [2.05, 4.69) is 60.9 Å². The molecule has 0 heterocycles. The number of carbonyl (C=O) groups excluding carboxylic acids is 2. The second kappa shape index (κ2) is 35.4. The van der Waals surface area contributed by atoms with E-state index in [-0.39, 0.29) is 26.1 Å². The summed E-state index contributed by atoms with van der Waals surface area (Å²) in [7, 11) is -4.77. The maximum atomic E-state index is 12.4. The number of aliphatic hydroxyl groups excluding tert-OH is 1. The summed E-state index contributed by atoms with van der Waals surface area (Å²) >= 11 is 0. The Morgan fingerprint density at radius 3 is 1.64 bits per heavy atom. The first-order valence-corrected chi connectivity index (χ1v) is 21.0. The minimum atomic E-state index is -4.77. The quantitative estimate of drug-likeness (QED) is 0.0252. The number of phosphoric acid groups is 1. The van der Waals surface area contributed by atoms with Gasteiger partial charge in [-0.1, -0.05) is 140 Å². The summed E-state index contributed by atoms with van der Waals surface area (Å²) in [6.45, 7) is 3.98. The first-order valence-electron chi connectivity index (χ1n) is 19.4. The number of carbonyl (C=O) groups is 2. The molecule has 0 bridgehead atoms. The zero-order chi connectivity index (χ0) is 37.0. The Labute approximate surface area is 304 Å². The van der Waals surface area contributed by atoms with Crippen molar-refractivity contribution in [2.45, 2.75) is 168 Å². The van der Waals surface area contributed by atoms with Crippen LogP contribution in [0.15, 0.2) is 48.6 Å². The highest BCUT2D eigenvalue weighted by Crippen LogP contribution is 2.36. The highest BCUT2D eigenvalue weighted by molar-refractivity contribution is 7.46. The molecule has 9 nitrogen and oxygen atoms in total. The number of esters is 2. The minimum Gasteiger partial charge on any atom is -0.462 e. The summed E-state index contributed by atoms with van der Waals surface area (Å²) in [5.41, 5.74) is 0. The van der Waals surface area contributed by atoms with Gasteiger partial charge in [-0.05, 0) is 63.7 Å². The summed E-state index contributed by atoms with van der Waals surface area (Å²) in [4.78, 5) is 42.7. The second-order valence-electron chi connectivity index (χ2n) is 13.2. The fraction of sp³-hybridized carbons (Fsp3) is 0.750. The van der Waals surface area contributed by atoms with Crippen molar-refractivity contribution >= 4 is 19.8 Å². The van der Waals surface area contributed by atoms with Gasteiger partial charge in [-0.25, -0.2) is 4.57 Å². The van der Waals surface area contributed by atoms with Crippen LogP contribution in [0.5, 0.6) is 0 Å². The van der Waals surface area contributed by atoms with Gasteiger partial charge in [0.05, 0.1) is 6.61 Å². The Kier molecular flexibility index (Phi) is 33.9. The van der Waals surface area contributed by atoms with Crippen molar-refractivity contribution in [3.05, 3.63) is 48.6 Å². The molecule has 0 aromatic carbocycles. The lowest BCUT2D eigenvalue weighted by molar-refractivity contribution is -0.161. The van der Waals surface area contributed by atoms with Gasteiger partial charge in [0.25, 0.3) is 0 Å². The highest BCUT2D eigenvalue weighted by atomic mass is 31.2. The normalized spacial score (nSPS) is 13.6. The van der Waals surface area contributed by atoms with Crippen LogP contribution in [-0.4, -0.2) is 52.8 Å². The van der Waals surface area contributed by atoms with Crippen LogP contribution in [0.1, 0.15) is 162 Å². The molecule has 0 spiro atoms. The van der Waals surface area contributed by atoms with E-state index < -0.39 is 32.5 Å². The molecule has 0 aliphatic carbocycles. The Morgan fingerprint density at radius 1 is 0.620 bits per heavy atom. The number of hydrogen-bond acceptors (Lipinski definition) is 7. The maximum absolute atomic E-state index is 12.4. The number of rotatable bonds is 35. The minimum absolute atomic E-state index is 0.181. The van der Waals surface area contributed by atoms with E-state index in [9.17, 15) is 14.2 Å². The monoisotopic (exact) mass is 726 g/mol. The van der Waals surface area contributed by atoms with Gasteiger partial charge < -0.3 is 24.4 Å². The molecule has 3 N–H and O–H groups in total. The molecule has 0 saturated heterocycles. The van der Waals surface area contributed by atoms with Crippen molar-refractivity contribution in [2.24, 2.45) is 5.92 Å². The molecule has 2 atom stereocenters. The predicted molar refractivity (Wildman–Crippen MR) is 204 cm³/mol. The molecule has 50 heavy (non-hydrogen) atoms. The highest BCUT2D eigenvalue weighted by Gasteiger charge is 2.22. The Balaban J connectivity index is 4.06. The molecule has 0 saturated carbocycles. The smallest absolute Gasteiger partial charge is 0.462 e. The van der Waals surface area contributed by atoms with E-state index >= 15 is 0 Å². The summed E-state index contributed by atoms with van der Waals surface area (Å²) in [6, 6.07) is 0. The molecule has 0 aliphatic rings. The van der Waals surface area contributed by atoms with Gasteiger partial charge in [-0.3, -0.25) is 14.1 Å². The van der Waals surface area contributed by atoms with Crippen LogP contribution in [-0.2, 0) is 28.2 Å². The SMILES string of the molecule is CCC(C)CCCCCCCCCCCCC(=O)O[C@H](COC(=O)CCC/C=C\C/C=C\C/C=C\C/C=C\CCCCCO)COP(=O)(O)O. The van der Waals surface area contributed by atoms with E-state index in [1.165, 1.54) is 51.4 Å². The largest absolute Gasteiger partial charge is 0.469 e. The summed E-state index contributed by atoms with van der Waals surface area (Å²) in [5, 5.41) is 8.77. The standard InChI is InChI=1S/C40H71O9P/c1-3-37(2)31-27-23-19-15-12-13-17-21-25-29-33-40(43)49-38(36-48-50(44,45)46)35-47-39(42)32-28-24-20-16-11-9-7-5-4-6-8-10-14-18-22-26-30-34-41/h4,6-7,9-10,14,16,20,37-38,41H,3,5,8,11-13,15,17-19,21-36H2,1-2H3,(H2,44,45,46)/b6-4-,9-7-,14-10-,20-16-/t37?,38-/m1/s1. The third kappa shape index (κ3) is 37.2. The van der Waals surface area contributed by atoms with Gasteiger partial charge in [0.2, 0.25) is 0 Å². The average Bonchev–Trinajstić information content (AvgIpc) is 3.08. The molecular formula is C40H71O9P. The van der Waals surface area contributed by atoms with Crippen LogP contribution in [0.2, 0.25) is 0 Å². The Hall–Kier alpha value is -2.03. The van der Waals surface area contributed by atoms with E-state index in [1.807, 2.05) is 6.08 Å². The second-order valence-corrected chi connectivity index (χ2v) is 14.5. The number of phosphoric ester groups is 1. The zero-order valence-corrected chi connectivity index (χ0v) is 32.3. The number of allylic oxidation sites excluding steroid dienone is 8. The molecule has 0 aliphatic heterocycles. The molecular weight excluding hydrogens is 655 g/mol. The molecule has 0 radical (unpaired) electrons. The van der Waals surface area contributed by atoms with Crippen molar-refractivity contribution in [2.75, 3.05) is 19.8 Å². The lowest BCUT2D eigenvalue weighted by Crippen LogP contribution is -2.29. The molecule has 0 amide bonds. The Bertz CT molecular complexity index is 970. The van der Waals surface area contributed by atoms with E-state index in [4.69, 9.17) is 24.4 Å². The fourth-order valence-corrected chi connectivity index (χ4v) is 5.50. The number of aliphatic hydroxyl groups is 1. The van der Waals surface area contributed by atoms with Crippen LogP contribution in [0.3, 0.4) is 0 Å². The van der Waals surface area contributed by atoms with Gasteiger partial charge in [0, 0.05) is 19.4 Å². The third-order valence-corrected chi connectivity index (χ3v) is 8.93. The van der Waals surface area contributed by atoms with Crippen molar-refractivity contribution in [3.8, 4) is 0 Å². The van der Waals surface area contributed by atoms with Gasteiger partial charge in [0.1, 0.15) is 6.61 Å². The fourth-order valence-electron chi connectivity index (χ4n) is 5.14. The molecule has 1 unspecified atom stereocenters. The third-order valence-electron chi connectivity index (χ3n) is 8.45. The molecule has 0 rings (SSSR count). The van der Waals surface area contributed by atoms with E-state index in [1.54, 1.807) is 0 Å². The average molecular weight is 727 g/mol. The van der Waals surface area contributed by atoms with Crippen molar-refractivity contribution < 1.29 is 43.0 Å². The predicted octanol–water partition coefficient (Wildman–Crippen LogP) is 10.4. The van der Waals surface area contributed by atoms with Crippen LogP contribution < -0.4 is 0 Å².